The average molecular weight is 224 g/mol. The van der Waals surface area contributed by atoms with E-state index in [1.165, 1.54) is 24.8 Å². The van der Waals surface area contributed by atoms with E-state index >= 15 is 0 Å². The molecule has 1 aliphatic rings. The maximum Gasteiger partial charge on any atom is 0.0409 e. The molecule has 0 amide bonds. The Morgan fingerprint density at radius 3 is 2.80 bits per heavy atom. The third-order valence-corrected chi connectivity index (χ3v) is 3.71. The zero-order valence-corrected chi connectivity index (χ0v) is 9.87. The first-order valence-corrected chi connectivity index (χ1v) is 6.05. The molecule has 1 aromatic rings. The minimum atomic E-state index is 0.161. The second-order valence-corrected chi connectivity index (χ2v) is 5.20. The minimum Gasteiger partial charge on any atom is -0.324 e. The van der Waals surface area contributed by atoms with Crippen LogP contribution in [0.1, 0.15) is 37.8 Å². The van der Waals surface area contributed by atoms with E-state index in [1.807, 2.05) is 18.2 Å². The van der Waals surface area contributed by atoms with Gasteiger partial charge in [0.2, 0.25) is 0 Å². The van der Waals surface area contributed by atoms with Crippen LogP contribution in [0.4, 0.5) is 0 Å². The Morgan fingerprint density at radius 1 is 1.40 bits per heavy atom. The fourth-order valence-corrected chi connectivity index (χ4v) is 2.76. The van der Waals surface area contributed by atoms with Crippen LogP contribution in [0.2, 0.25) is 5.02 Å². The quantitative estimate of drug-likeness (QED) is 0.812. The van der Waals surface area contributed by atoms with Gasteiger partial charge in [-0.15, -0.1) is 0 Å². The van der Waals surface area contributed by atoms with Crippen molar-refractivity contribution in [1.82, 2.24) is 0 Å². The molecular formula is C13H18ClN. The molecule has 1 saturated carbocycles. The zero-order chi connectivity index (χ0) is 10.8. The lowest BCUT2D eigenvalue weighted by molar-refractivity contribution is 0.429. The van der Waals surface area contributed by atoms with Gasteiger partial charge in [-0.1, -0.05) is 37.1 Å². The number of hydrogen-bond donors (Lipinski definition) is 1. The molecule has 1 nitrogen and oxygen atoms in total. The first-order valence-electron chi connectivity index (χ1n) is 5.68. The van der Waals surface area contributed by atoms with Crippen molar-refractivity contribution in [2.75, 3.05) is 0 Å². The van der Waals surface area contributed by atoms with Crippen molar-refractivity contribution in [1.29, 1.82) is 0 Å². The lowest BCUT2D eigenvalue weighted by atomic mass is 9.92. The predicted molar refractivity (Wildman–Crippen MR) is 64.9 cm³/mol. The second-order valence-electron chi connectivity index (χ2n) is 4.76. The van der Waals surface area contributed by atoms with Gasteiger partial charge in [0, 0.05) is 11.1 Å². The number of hydrogen-bond acceptors (Lipinski definition) is 1. The highest BCUT2D eigenvalue weighted by molar-refractivity contribution is 6.30. The van der Waals surface area contributed by atoms with Crippen molar-refractivity contribution in [2.24, 2.45) is 17.6 Å². The molecule has 2 N–H and O–H groups in total. The summed E-state index contributed by atoms with van der Waals surface area (Å²) < 4.78 is 0. The van der Waals surface area contributed by atoms with E-state index in [2.05, 4.69) is 13.0 Å². The van der Waals surface area contributed by atoms with Crippen molar-refractivity contribution in [3.8, 4) is 0 Å². The molecule has 1 aromatic carbocycles. The lowest BCUT2D eigenvalue weighted by Gasteiger charge is -2.19. The van der Waals surface area contributed by atoms with Crippen LogP contribution in [0.25, 0.3) is 0 Å². The van der Waals surface area contributed by atoms with Gasteiger partial charge in [0.05, 0.1) is 0 Å². The molecule has 0 aliphatic heterocycles. The molecule has 0 heterocycles. The van der Waals surface area contributed by atoms with Crippen LogP contribution >= 0.6 is 11.6 Å². The van der Waals surface area contributed by atoms with Crippen molar-refractivity contribution < 1.29 is 0 Å². The number of rotatable bonds is 2. The fraction of sp³-hybridized carbons (Fsp3) is 0.538. The minimum absolute atomic E-state index is 0.161. The molecule has 0 bridgehead atoms. The highest BCUT2D eigenvalue weighted by Gasteiger charge is 2.27. The summed E-state index contributed by atoms with van der Waals surface area (Å²) in [6.45, 7) is 2.31. The number of benzene rings is 1. The van der Waals surface area contributed by atoms with Crippen LogP contribution in [0.15, 0.2) is 24.3 Å². The molecule has 3 unspecified atom stereocenters. The summed E-state index contributed by atoms with van der Waals surface area (Å²) in [4.78, 5) is 0. The van der Waals surface area contributed by atoms with E-state index in [0.29, 0.717) is 5.92 Å². The fourth-order valence-electron chi connectivity index (χ4n) is 2.56. The van der Waals surface area contributed by atoms with Crippen LogP contribution in [0.3, 0.4) is 0 Å². The summed E-state index contributed by atoms with van der Waals surface area (Å²) in [5, 5.41) is 0.786. The molecule has 3 atom stereocenters. The number of nitrogens with two attached hydrogens (primary N) is 1. The van der Waals surface area contributed by atoms with Crippen molar-refractivity contribution in [2.45, 2.75) is 32.2 Å². The topological polar surface area (TPSA) is 26.0 Å². The van der Waals surface area contributed by atoms with Crippen molar-refractivity contribution >= 4 is 11.6 Å². The molecule has 1 aliphatic carbocycles. The maximum atomic E-state index is 6.27. The van der Waals surface area contributed by atoms with Gasteiger partial charge in [-0.2, -0.15) is 0 Å². The Morgan fingerprint density at radius 2 is 2.20 bits per heavy atom. The Labute approximate surface area is 96.6 Å². The van der Waals surface area contributed by atoms with E-state index in [1.54, 1.807) is 0 Å². The molecule has 82 valence electrons. The van der Waals surface area contributed by atoms with Gasteiger partial charge < -0.3 is 5.73 Å². The maximum absolute atomic E-state index is 6.27. The molecular weight excluding hydrogens is 206 g/mol. The summed E-state index contributed by atoms with van der Waals surface area (Å²) in [7, 11) is 0. The Kier molecular flexibility index (Phi) is 3.32. The third-order valence-electron chi connectivity index (χ3n) is 3.48. The molecule has 2 rings (SSSR count). The first kappa shape index (κ1) is 11.0. The van der Waals surface area contributed by atoms with Gasteiger partial charge in [0.15, 0.2) is 0 Å². The highest BCUT2D eigenvalue weighted by atomic mass is 35.5. The van der Waals surface area contributed by atoms with Gasteiger partial charge in [-0.3, -0.25) is 0 Å². The van der Waals surface area contributed by atoms with Gasteiger partial charge in [0.1, 0.15) is 0 Å². The Hall–Kier alpha value is -0.530. The van der Waals surface area contributed by atoms with Crippen LogP contribution in [-0.2, 0) is 0 Å². The molecule has 0 aromatic heterocycles. The summed E-state index contributed by atoms with van der Waals surface area (Å²) in [5.74, 6) is 1.47. The predicted octanol–water partition coefficient (Wildman–Crippen LogP) is 3.78. The van der Waals surface area contributed by atoms with Crippen LogP contribution in [0.5, 0.6) is 0 Å². The van der Waals surface area contributed by atoms with E-state index in [9.17, 15) is 0 Å². The lowest BCUT2D eigenvalue weighted by Crippen LogP contribution is -2.19. The van der Waals surface area contributed by atoms with Crippen LogP contribution < -0.4 is 5.73 Å². The molecule has 15 heavy (non-hydrogen) atoms. The molecule has 0 radical (unpaired) electrons. The summed E-state index contributed by atoms with van der Waals surface area (Å²) >= 11 is 5.97. The van der Waals surface area contributed by atoms with E-state index in [0.717, 1.165) is 10.9 Å². The van der Waals surface area contributed by atoms with Crippen LogP contribution in [-0.4, -0.2) is 0 Å². The average Bonchev–Trinajstić information content (AvgIpc) is 2.64. The van der Waals surface area contributed by atoms with Gasteiger partial charge in [-0.25, -0.2) is 0 Å². The smallest absolute Gasteiger partial charge is 0.0409 e. The highest BCUT2D eigenvalue weighted by Crippen LogP contribution is 2.37. The normalized spacial score (nSPS) is 27.9. The SMILES string of the molecule is CC1CCC(C(N)c2cccc(Cl)c2)C1. The Bertz CT molecular complexity index is 337. The standard InChI is InChI=1S/C13H18ClN/c1-9-5-6-11(7-9)13(15)10-3-2-4-12(14)8-10/h2-4,8-9,11,13H,5-7,15H2,1H3. The van der Waals surface area contributed by atoms with Gasteiger partial charge >= 0.3 is 0 Å². The monoisotopic (exact) mass is 223 g/mol. The zero-order valence-electron chi connectivity index (χ0n) is 9.12. The van der Waals surface area contributed by atoms with E-state index in [4.69, 9.17) is 17.3 Å². The molecule has 0 spiro atoms. The number of halogens is 1. The molecule has 2 heteroatoms. The van der Waals surface area contributed by atoms with E-state index < -0.39 is 0 Å². The van der Waals surface area contributed by atoms with Gasteiger partial charge in [0.25, 0.3) is 0 Å². The summed E-state index contributed by atoms with van der Waals surface area (Å²) in [6, 6.07) is 8.12. The first-order chi connectivity index (χ1) is 7.16. The largest absolute Gasteiger partial charge is 0.324 e. The van der Waals surface area contributed by atoms with Crippen LogP contribution in [0, 0.1) is 11.8 Å². The van der Waals surface area contributed by atoms with Gasteiger partial charge in [-0.05, 0) is 42.4 Å². The van der Waals surface area contributed by atoms with Crippen molar-refractivity contribution in [3.63, 3.8) is 0 Å². The summed E-state index contributed by atoms with van der Waals surface area (Å²) in [5.41, 5.74) is 7.45. The Balaban J connectivity index is 2.10. The second kappa shape index (κ2) is 4.54. The molecule has 0 saturated heterocycles. The third kappa shape index (κ3) is 2.53. The summed E-state index contributed by atoms with van der Waals surface area (Å²) in [6.07, 6.45) is 3.83. The van der Waals surface area contributed by atoms with E-state index in [-0.39, 0.29) is 6.04 Å². The van der Waals surface area contributed by atoms with Crippen molar-refractivity contribution in [3.05, 3.63) is 34.9 Å². The molecule has 1 fully saturated rings.